The Hall–Kier alpha value is -1.59. The fourth-order valence-corrected chi connectivity index (χ4v) is 2.28. The summed E-state index contributed by atoms with van der Waals surface area (Å²) in [5, 5.41) is 4.80. The number of nitrogens with zero attached hydrogens (tertiary/aromatic N) is 3. The molecule has 6 heteroatoms. The molecule has 0 fully saturated rings. The summed E-state index contributed by atoms with van der Waals surface area (Å²) in [6.07, 6.45) is 4.05. The number of nitrogens with two attached hydrogens (primary N) is 1. The Morgan fingerprint density at radius 3 is 2.79 bits per heavy atom. The van der Waals surface area contributed by atoms with E-state index in [9.17, 15) is 0 Å². The molecular formula is C13H17ClN4O. The molecule has 2 heterocycles. The second-order valence-corrected chi connectivity index (χ2v) is 4.62. The quantitative estimate of drug-likeness (QED) is 0.912. The fourth-order valence-electron chi connectivity index (χ4n) is 2.00. The van der Waals surface area contributed by atoms with E-state index in [0.29, 0.717) is 17.3 Å². The van der Waals surface area contributed by atoms with Crippen LogP contribution in [0.15, 0.2) is 24.5 Å². The van der Waals surface area contributed by atoms with Crippen molar-refractivity contribution < 1.29 is 4.74 Å². The zero-order chi connectivity index (χ0) is 13.8. The molecule has 0 spiro atoms. The lowest BCUT2D eigenvalue weighted by molar-refractivity contribution is 0.397. The normalized spacial score (nSPS) is 12.4. The van der Waals surface area contributed by atoms with Crippen molar-refractivity contribution in [3.8, 4) is 5.88 Å². The third kappa shape index (κ3) is 3.05. The van der Waals surface area contributed by atoms with Crippen molar-refractivity contribution in [2.45, 2.75) is 25.9 Å². The number of rotatable bonds is 5. The van der Waals surface area contributed by atoms with Gasteiger partial charge in [-0.2, -0.15) is 5.10 Å². The Kier molecular flexibility index (Phi) is 4.39. The summed E-state index contributed by atoms with van der Waals surface area (Å²) in [5.74, 6) is 0.592. The van der Waals surface area contributed by atoms with Crippen LogP contribution >= 0.6 is 11.6 Å². The van der Waals surface area contributed by atoms with E-state index in [1.165, 1.54) is 0 Å². The lowest BCUT2D eigenvalue weighted by Crippen LogP contribution is -2.18. The smallest absolute Gasteiger partial charge is 0.212 e. The second-order valence-electron chi connectivity index (χ2n) is 4.21. The van der Waals surface area contributed by atoms with E-state index in [-0.39, 0.29) is 6.04 Å². The Labute approximate surface area is 117 Å². The largest absolute Gasteiger partial charge is 0.481 e. The van der Waals surface area contributed by atoms with E-state index in [1.54, 1.807) is 19.5 Å². The van der Waals surface area contributed by atoms with Crippen molar-refractivity contribution in [1.29, 1.82) is 0 Å². The predicted octanol–water partition coefficient (Wildman–Crippen LogP) is 2.20. The highest BCUT2D eigenvalue weighted by Crippen LogP contribution is 2.24. The first-order valence-corrected chi connectivity index (χ1v) is 6.49. The Morgan fingerprint density at radius 1 is 1.42 bits per heavy atom. The average Bonchev–Trinajstić information content (AvgIpc) is 2.80. The summed E-state index contributed by atoms with van der Waals surface area (Å²) in [6.45, 7) is 2.76. The molecule has 0 bridgehead atoms. The Bertz CT molecular complexity index is 538. The molecule has 0 aliphatic heterocycles. The summed E-state index contributed by atoms with van der Waals surface area (Å²) >= 11 is 6.13. The number of hydrogen-bond donors (Lipinski definition) is 1. The van der Waals surface area contributed by atoms with Gasteiger partial charge in [0, 0.05) is 18.8 Å². The Balaban J connectivity index is 2.15. The van der Waals surface area contributed by atoms with Crippen LogP contribution in [0.5, 0.6) is 5.88 Å². The van der Waals surface area contributed by atoms with Crippen LogP contribution in [-0.4, -0.2) is 21.9 Å². The maximum Gasteiger partial charge on any atom is 0.212 e. The summed E-state index contributed by atoms with van der Waals surface area (Å²) < 4.78 is 6.85. The van der Waals surface area contributed by atoms with Gasteiger partial charge in [-0.1, -0.05) is 17.7 Å². The molecule has 2 rings (SSSR count). The van der Waals surface area contributed by atoms with Gasteiger partial charge < -0.3 is 10.5 Å². The molecule has 19 heavy (non-hydrogen) atoms. The molecule has 0 aliphatic rings. The highest BCUT2D eigenvalue weighted by Gasteiger charge is 2.16. The SMILES string of the molecule is CCn1ncc(Cl)c1C(N)Cc1ccc(OC)nc1. The molecule has 1 atom stereocenters. The van der Waals surface area contributed by atoms with Crippen molar-refractivity contribution >= 4 is 11.6 Å². The molecule has 2 aromatic rings. The minimum atomic E-state index is -0.204. The van der Waals surface area contributed by atoms with Gasteiger partial charge >= 0.3 is 0 Å². The van der Waals surface area contributed by atoms with Crippen LogP contribution in [0.2, 0.25) is 5.02 Å². The number of pyridine rings is 1. The molecule has 0 saturated heterocycles. The van der Waals surface area contributed by atoms with Gasteiger partial charge in [-0.05, 0) is 18.9 Å². The van der Waals surface area contributed by atoms with Crippen molar-refractivity contribution in [1.82, 2.24) is 14.8 Å². The molecule has 2 aromatic heterocycles. The summed E-state index contributed by atoms with van der Waals surface area (Å²) in [4.78, 5) is 4.16. The molecule has 0 radical (unpaired) electrons. The van der Waals surface area contributed by atoms with Gasteiger partial charge in [0.15, 0.2) is 0 Å². The van der Waals surface area contributed by atoms with Crippen molar-refractivity contribution in [2.75, 3.05) is 7.11 Å². The van der Waals surface area contributed by atoms with Gasteiger partial charge in [-0.25, -0.2) is 4.98 Å². The lowest BCUT2D eigenvalue weighted by atomic mass is 10.1. The van der Waals surface area contributed by atoms with Gasteiger partial charge in [0.25, 0.3) is 0 Å². The maximum absolute atomic E-state index is 6.21. The van der Waals surface area contributed by atoms with E-state index in [2.05, 4.69) is 10.1 Å². The zero-order valence-corrected chi connectivity index (χ0v) is 11.8. The van der Waals surface area contributed by atoms with Crippen LogP contribution in [0, 0.1) is 0 Å². The van der Waals surface area contributed by atoms with Crippen LogP contribution in [0.25, 0.3) is 0 Å². The highest BCUT2D eigenvalue weighted by atomic mass is 35.5. The third-order valence-electron chi connectivity index (χ3n) is 2.95. The van der Waals surface area contributed by atoms with E-state index in [1.807, 2.05) is 23.7 Å². The van der Waals surface area contributed by atoms with Gasteiger partial charge in [0.05, 0.1) is 30.1 Å². The molecule has 1 unspecified atom stereocenters. The number of methoxy groups -OCH3 is 1. The molecular weight excluding hydrogens is 264 g/mol. The number of ether oxygens (including phenoxy) is 1. The second kappa shape index (κ2) is 6.04. The number of halogens is 1. The van der Waals surface area contributed by atoms with E-state index < -0.39 is 0 Å². The van der Waals surface area contributed by atoms with Crippen LogP contribution in [0.1, 0.15) is 24.2 Å². The van der Waals surface area contributed by atoms with Crippen LogP contribution in [-0.2, 0) is 13.0 Å². The van der Waals surface area contributed by atoms with Gasteiger partial charge in [0.2, 0.25) is 5.88 Å². The zero-order valence-electron chi connectivity index (χ0n) is 11.0. The number of hydrogen-bond acceptors (Lipinski definition) is 4. The summed E-state index contributed by atoms with van der Waals surface area (Å²) in [7, 11) is 1.59. The van der Waals surface area contributed by atoms with Crippen LogP contribution in [0.4, 0.5) is 0 Å². The molecule has 102 valence electrons. The van der Waals surface area contributed by atoms with Crippen molar-refractivity contribution in [3.05, 3.63) is 40.8 Å². The molecule has 5 nitrogen and oxygen atoms in total. The van der Waals surface area contributed by atoms with Gasteiger partial charge in [-0.3, -0.25) is 4.68 Å². The van der Waals surface area contributed by atoms with E-state index >= 15 is 0 Å². The van der Waals surface area contributed by atoms with Crippen molar-refractivity contribution in [3.63, 3.8) is 0 Å². The molecule has 2 N–H and O–H groups in total. The first-order valence-electron chi connectivity index (χ1n) is 6.11. The fraction of sp³-hybridized carbons (Fsp3) is 0.385. The first kappa shape index (κ1) is 13.8. The Morgan fingerprint density at radius 2 is 2.21 bits per heavy atom. The van der Waals surface area contributed by atoms with E-state index in [4.69, 9.17) is 22.1 Å². The van der Waals surface area contributed by atoms with E-state index in [0.717, 1.165) is 17.8 Å². The summed E-state index contributed by atoms with van der Waals surface area (Å²) in [6, 6.07) is 3.57. The third-order valence-corrected chi connectivity index (χ3v) is 3.24. The standard InChI is InChI=1S/C13H17ClN4O/c1-3-18-13(10(14)8-17-18)11(15)6-9-4-5-12(19-2)16-7-9/h4-5,7-8,11H,3,6,15H2,1-2H3. The topological polar surface area (TPSA) is 66.0 Å². The average molecular weight is 281 g/mol. The van der Waals surface area contributed by atoms with Crippen molar-refractivity contribution in [2.24, 2.45) is 5.73 Å². The van der Waals surface area contributed by atoms with Crippen LogP contribution in [0.3, 0.4) is 0 Å². The number of aromatic nitrogens is 3. The maximum atomic E-state index is 6.21. The summed E-state index contributed by atoms with van der Waals surface area (Å²) in [5.41, 5.74) is 8.11. The minimum Gasteiger partial charge on any atom is -0.481 e. The van der Waals surface area contributed by atoms with Gasteiger partial charge in [0.1, 0.15) is 0 Å². The molecule has 0 amide bonds. The molecule has 0 saturated carbocycles. The molecule has 0 aromatic carbocycles. The number of aryl methyl sites for hydroxylation is 1. The minimum absolute atomic E-state index is 0.204. The monoisotopic (exact) mass is 280 g/mol. The molecule has 0 aliphatic carbocycles. The lowest BCUT2D eigenvalue weighted by Gasteiger charge is -2.14. The predicted molar refractivity (Wildman–Crippen MR) is 74.3 cm³/mol. The van der Waals surface area contributed by atoms with Gasteiger partial charge in [-0.15, -0.1) is 0 Å². The van der Waals surface area contributed by atoms with Crippen LogP contribution < -0.4 is 10.5 Å². The highest BCUT2D eigenvalue weighted by molar-refractivity contribution is 6.31. The first-order chi connectivity index (χ1) is 9.15.